The molecule has 0 amide bonds. The molecule has 0 aromatic carbocycles. The third-order valence-electron chi connectivity index (χ3n) is 6.58. The van der Waals surface area contributed by atoms with Crippen LogP contribution < -0.4 is 0 Å². The summed E-state index contributed by atoms with van der Waals surface area (Å²) in [5.41, 5.74) is 0. The highest BCUT2D eigenvalue weighted by Gasteiger charge is 2.11. The minimum Gasteiger partial charge on any atom is -0.393 e. The standard InChI is InChI=1S/C28H58O2/c1-3-5-7-8-9-10-11-12-13-14-15-16-17-18-19-20-21-23-25-28(30)26-27(29)24-22-6-4-2/h27-30H,3-26H2,1-2H3/t27-,28+/m1/s1. The Kier molecular flexibility index (Phi) is 25.1. The smallest absolute Gasteiger partial charge is 0.0564 e. The molecular weight excluding hydrogens is 368 g/mol. The van der Waals surface area contributed by atoms with Crippen molar-refractivity contribution in [2.24, 2.45) is 0 Å². The van der Waals surface area contributed by atoms with Gasteiger partial charge in [-0.15, -0.1) is 0 Å². The first kappa shape index (κ1) is 29.9. The van der Waals surface area contributed by atoms with E-state index >= 15 is 0 Å². The van der Waals surface area contributed by atoms with Gasteiger partial charge in [-0.25, -0.2) is 0 Å². The molecule has 2 N–H and O–H groups in total. The molecule has 0 aliphatic rings. The van der Waals surface area contributed by atoms with Gasteiger partial charge >= 0.3 is 0 Å². The normalized spacial score (nSPS) is 13.6. The summed E-state index contributed by atoms with van der Waals surface area (Å²) in [4.78, 5) is 0. The van der Waals surface area contributed by atoms with Crippen molar-refractivity contribution in [1.82, 2.24) is 0 Å². The number of hydrogen-bond acceptors (Lipinski definition) is 2. The van der Waals surface area contributed by atoms with Crippen LogP contribution in [-0.4, -0.2) is 22.4 Å². The molecule has 0 spiro atoms. The lowest BCUT2D eigenvalue weighted by Gasteiger charge is -2.15. The zero-order chi connectivity index (χ0) is 22.1. The van der Waals surface area contributed by atoms with Crippen molar-refractivity contribution in [1.29, 1.82) is 0 Å². The summed E-state index contributed by atoms with van der Waals surface area (Å²) < 4.78 is 0. The maximum Gasteiger partial charge on any atom is 0.0564 e. The molecule has 30 heavy (non-hydrogen) atoms. The van der Waals surface area contributed by atoms with E-state index in [1.807, 2.05) is 0 Å². The summed E-state index contributed by atoms with van der Waals surface area (Å²) in [5.74, 6) is 0. The SMILES string of the molecule is CCCCCCCCCCCCCCCCCCCC[C@H](O)C[C@H](O)CCCCC. The second-order valence-corrected chi connectivity index (χ2v) is 9.84. The molecule has 0 heterocycles. The lowest BCUT2D eigenvalue weighted by molar-refractivity contribution is 0.0681. The van der Waals surface area contributed by atoms with E-state index in [1.54, 1.807) is 0 Å². The molecule has 2 heteroatoms. The van der Waals surface area contributed by atoms with Gasteiger partial charge in [0.2, 0.25) is 0 Å². The van der Waals surface area contributed by atoms with Crippen molar-refractivity contribution in [2.45, 2.75) is 180 Å². The van der Waals surface area contributed by atoms with E-state index in [0.717, 1.165) is 25.7 Å². The van der Waals surface area contributed by atoms with Gasteiger partial charge in [0.25, 0.3) is 0 Å². The van der Waals surface area contributed by atoms with Gasteiger partial charge in [0.05, 0.1) is 12.2 Å². The Morgan fingerprint density at radius 1 is 0.367 bits per heavy atom. The van der Waals surface area contributed by atoms with Crippen molar-refractivity contribution >= 4 is 0 Å². The summed E-state index contributed by atoms with van der Waals surface area (Å²) in [6.07, 6.45) is 30.2. The van der Waals surface area contributed by atoms with Crippen LogP contribution in [0, 0.1) is 0 Å². The van der Waals surface area contributed by atoms with Crippen molar-refractivity contribution in [3.8, 4) is 0 Å². The lowest BCUT2D eigenvalue weighted by atomic mass is 10.00. The molecule has 182 valence electrons. The summed E-state index contributed by atoms with van der Waals surface area (Å²) in [6.45, 7) is 4.47. The molecule has 0 aromatic rings. The molecule has 0 aromatic heterocycles. The number of unbranched alkanes of at least 4 members (excludes halogenated alkanes) is 19. The quantitative estimate of drug-likeness (QED) is 0.143. The number of rotatable bonds is 25. The molecule has 2 nitrogen and oxygen atoms in total. The zero-order valence-corrected chi connectivity index (χ0v) is 21.0. The first-order valence-corrected chi connectivity index (χ1v) is 14.1. The van der Waals surface area contributed by atoms with Crippen LogP contribution in [0.4, 0.5) is 0 Å². The molecule has 0 saturated carbocycles. The lowest BCUT2D eigenvalue weighted by Crippen LogP contribution is -2.17. The predicted molar refractivity (Wildman–Crippen MR) is 134 cm³/mol. The van der Waals surface area contributed by atoms with Crippen LogP contribution in [0.15, 0.2) is 0 Å². The van der Waals surface area contributed by atoms with Gasteiger partial charge < -0.3 is 10.2 Å². The third-order valence-corrected chi connectivity index (χ3v) is 6.58. The van der Waals surface area contributed by atoms with E-state index in [2.05, 4.69) is 13.8 Å². The Morgan fingerprint density at radius 3 is 0.933 bits per heavy atom. The van der Waals surface area contributed by atoms with Crippen molar-refractivity contribution < 1.29 is 10.2 Å². The fraction of sp³-hybridized carbons (Fsp3) is 1.00. The highest BCUT2D eigenvalue weighted by Crippen LogP contribution is 2.16. The number of aliphatic hydroxyl groups excluding tert-OH is 2. The minimum atomic E-state index is -0.304. The fourth-order valence-corrected chi connectivity index (χ4v) is 4.46. The molecule has 0 unspecified atom stereocenters. The highest BCUT2D eigenvalue weighted by molar-refractivity contribution is 4.64. The van der Waals surface area contributed by atoms with Crippen LogP contribution in [-0.2, 0) is 0 Å². The van der Waals surface area contributed by atoms with Crippen LogP contribution in [0.3, 0.4) is 0 Å². The summed E-state index contributed by atoms with van der Waals surface area (Å²) in [5, 5.41) is 20.0. The van der Waals surface area contributed by atoms with Crippen molar-refractivity contribution in [2.75, 3.05) is 0 Å². The Bertz CT molecular complexity index is 305. The highest BCUT2D eigenvalue weighted by atomic mass is 16.3. The summed E-state index contributed by atoms with van der Waals surface area (Å²) in [7, 11) is 0. The average Bonchev–Trinajstić information content (AvgIpc) is 2.73. The Hall–Kier alpha value is -0.0800. The van der Waals surface area contributed by atoms with Gasteiger partial charge in [-0.2, -0.15) is 0 Å². The van der Waals surface area contributed by atoms with E-state index in [4.69, 9.17) is 0 Å². The first-order chi connectivity index (χ1) is 14.7. The molecule has 0 fully saturated rings. The van der Waals surface area contributed by atoms with Gasteiger partial charge in [0.15, 0.2) is 0 Å². The molecule has 0 radical (unpaired) electrons. The average molecular weight is 427 g/mol. The second-order valence-electron chi connectivity index (χ2n) is 9.84. The molecule has 2 atom stereocenters. The molecule has 0 aliphatic heterocycles. The fourth-order valence-electron chi connectivity index (χ4n) is 4.46. The van der Waals surface area contributed by atoms with Gasteiger partial charge in [-0.1, -0.05) is 149 Å². The zero-order valence-electron chi connectivity index (χ0n) is 21.0. The molecule has 0 rings (SSSR count). The molecule has 0 aliphatic carbocycles. The van der Waals surface area contributed by atoms with Gasteiger partial charge in [-0.3, -0.25) is 0 Å². The number of hydrogen-bond donors (Lipinski definition) is 2. The monoisotopic (exact) mass is 426 g/mol. The van der Waals surface area contributed by atoms with Crippen LogP contribution >= 0.6 is 0 Å². The van der Waals surface area contributed by atoms with Crippen molar-refractivity contribution in [3.63, 3.8) is 0 Å². The van der Waals surface area contributed by atoms with Crippen LogP contribution in [0.5, 0.6) is 0 Å². The second kappa shape index (κ2) is 25.2. The van der Waals surface area contributed by atoms with Crippen LogP contribution in [0.25, 0.3) is 0 Å². The number of aliphatic hydroxyl groups is 2. The van der Waals surface area contributed by atoms with E-state index in [1.165, 1.54) is 122 Å². The Labute approximate surface area is 190 Å². The van der Waals surface area contributed by atoms with Gasteiger partial charge in [0.1, 0.15) is 0 Å². The maximum atomic E-state index is 10.1. The molecule has 0 bridgehead atoms. The van der Waals surface area contributed by atoms with E-state index < -0.39 is 0 Å². The molecular formula is C28H58O2. The van der Waals surface area contributed by atoms with Crippen LogP contribution in [0.1, 0.15) is 168 Å². The molecule has 0 saturated heterocycles. The first-order valence-electron chi connectivity index (χ1n) is 14.1. The van der Waals surface area contributed by atoms with Crippen molar-refractivity contribution in [3.05, 3.63) is 0 Å². The van der Waals surface area contributed by atoms with Crippen LogP contribution in [0.2, 0.25) is 0 Å². The van der Waals surface area contributed by atoms with E-state index in [-0.39, 0.29) is 12.2 Å². The topological polar surface area (TPSA) is 40.5 Å². The maximum absolute atomic E-state index is 10.1. The van der Waals surface area contributed by atoms with Gasteiger partial charge in [-0.05, 0) is 19.3 Å². The summed E-state index contributed by atoms with van der Waals surface area (Å²) in [6, 6.07) is 0. The summed E-state index contributed by atoms with van der Waals surface area (Å²) >= 11 is 0. The van der Waals surface area contributed by atoms with E-state index in [0.29, 0.717) is 6.42 Å². The third kappa shape index (κ3) is 24.2. The van der Waals surface area contributed by atoms with Gasteiger partial charge in [0, 0.05) is 0 Å². The van der Waals surface area contributed by atoms with E-state index in [9.17, 15) is 10.2 Å². The Morgan fingerprint density at radius 2 is 0.600 bits per heavy atom. The largest absolute Gasteiger partial charge is 0.393 e. The predicted octanol–water partition coefficient (Wildman–Crippen LogP) is 9.11. The Balaban J connectivity index is 3.17. The minimum absolute atomic E-state index is 0.303.